The van der Waals surface area contributed by atoms with Crippen molar-refractivity contribution in [2.45, 2.75) is 39.7 Å². The summed E-state index contributed by atoms with van der Waals surface area (Å²) in [7, 11) is 0. The van der Waals surface area contributed by atoms with Crippen LogP contribution in [0.3, 0.4) is 0 Å². The zero-order valence-corrected chi connectivity index (χ0v) is 15.0. The molecule has 0 spiro atoms. The molecule has 122 valence electrons. The third kappa shape index (κ3) is 2.88. The number of rotatable bonds is 5. The number of thiophene rings is 1. The first-order valence-corrected chi connectivity index (χ1v) is 9.81. The highest BCUT2D eigenvalue weighted by Crippen LogP contribution is 2.61. The quantitative estimate of drug-likeness (QED) is 0.757. The Morgan fingerprint density at radius 3 is 2.65 bits per heavy atom. The first-order chi connectivity index (χ1) is 11.1. The summed E-state index contributed by atoms with van der Waals surface area (Å²) in [6, 6.07) is 15.2. The summed E-state index contributed by atoms with van der Waals surface area (Å²) < 4.78 is 0. The van der Waals surface area contributed by atoms with E-state index in [1.54, 1.807) is 0 Å². The van der Waals surface area contributed by atoms with Gasteiger partial charge in [0.05, 0.1) is 0 Å². The fourth-order valence-electron chi connectivity index (χ4n) is 4.82. The maximum atomic E-state index is 3.74. The molecule has 0 aliphatic heterocycles. The molecule has 0 amide bonds. The van der Waals surface area contributed by atoms with Crippen LogP contribution < -0.4 is 5.32 Å². The van der Waals surface area contributed by atoms with Gasteiger partial charge in [0.15, 0.2) is 0 Å². The van der Waals surface area contributed by atoms with Crippen molar-refractivity contribution in [1.29, 1.82) is 0 Å². The molecule has 2 aromatic rings. The molecule has 0 radical (unpaired) electrons. The number of hydrogen-bond acceptors (Lipinski definition) is 2. The van der Waals surface area contributed by atoms with Crippen LogP contribution in [0.4, 0.5) is 0 Å². The predicted octanol–water partition coefficient (Wildman–Crippen LogP) is 5.58. The van der Waals surface area contributed by atoms with E-state index in [2.05, 4.69) is 61.6 Å². The van der Waals surface area contributed by atoms with E-state index in [1.165, 1.54) is 41.1 Å². The van der Waals surface area contributed by atoms with Crippen LogP contribution in [0.5, 0.6) is 0 Å². The minimum absolute atomic E-state index is 0.605. The van der Waals surface area contributed by atoms with Crippen molar-refractivity contribution in [2.75, 3.05) is 6.54 Å². The lowest BCUT2D eigenvalue weighted by Gasteiger charge is -2.60. The molecule has 1 aromatic carbocycles. The van der Waals surface area contributed by atoms with Gasteiger partial charge >= 0.3 is 0 Å². The summed E-state index contributed by atoms with van der Waals surface area (Å²) in [5, 5.41) is 3.74. The second-order valence-electron chi connectivity index (χ2n) is 7.96. The van der Waals surface area contributed by atoms with Crippen LogP contribution in [-0.4, -0.2) is 6.54 Å². The smallest absolute Gasteiger partial charge is 0.0346 e. The van der Waals surface area contributed by atoms with E-state index in [0.29, 0.717) is 5.41 Å². The van der Waals surface area contributed by atoms with E-state index in [4.69, 9.17) is 0 Å². The second kappa shape index (κ2) is 6.07. The van der Waals surface area contributed by atoms with Gasteiger partial charge in [-0.2, -0.15) is 0 Å². The van der Waals surface area contributed by atoms with Crippen LogP contribution in [0, 0.1) is 23.2 Å². The lowest BCUT2D eigenvalue weighted by Crippen LogP contribution is -2.54. The third-order valence-electron chi connectivity index (χ3n) is 6.43. The zero-order valence-electron chi connectivity index (χ0n) is 14.2. The van der Waals surface area contributed by atoms with E-state index in [1.807, 2.05) is 11.3 Å². The molecule has 1 nitrogen and oxygen atoms in total. The minimum atomic E-state index is 0.605. The maximum absolute atomic E-state index is 3.74. The summed E-state index contributed by atoms with van der Waals surface area (Å²) in [5.41, 5.74) is 1.94. The maximum Gasteiger partial charge on any atom is 0.0346 e. The highest BCUT2D eigenvalue weighted by Gasteiger charge is 2.53. The summed E-state index contributed by atoms with van der Waals surface area (Å²) in [6.45, 7) is 7.19. The predicted molar refractivity (Wildman–Crippen MR) is 99.6 cm³/mol. The van der Waals surface area contributed by atoms with Crippen molar-refractivity contribution >= 4 is 11.3 Å². The van der Waals surface area contributed by atoms with E-state index < -0.39 is 0 Å². The van der Waals surface area contributed by atoms with E-state index in [-0.39, 0.29) is 0 Å². The SMILES string of the molecule is CC1(C)[C@H]2CC[C@@H](CNCc3ccc(-c4ccccc4)s3)[C@@H]1C2. The molecule has 3 atom stereocenters. The Morgan fingerprint density at radius 2 is 1.91 bits per heavy atom. The highest BCUT2D eigenvalue weighted by atomic mass is 32.1. The third-order valence-corrected chi connectivity index (χ3v) is 7.56. The molecule has 2 bridgehead atoms. The van der Waals surface area contributed by atoms with Gasteiger partial charge in [-0.05, 0) is 66.7 Å². The first-order valence-electron chi connectivity index (χ1n) is 8.99. The van der Waals surface area contributed by atoms with Crippen LogP contribution >= 0.6 is 11.3 Å². The van der Waals surface area contributed by atoms with Crippen LogP contribution in [0.25, 0.3) is 10.4 Å². The fourth-order valence-corrected chi connectivity index (χ4v) is 5.80. The molecule has 3 fully saturated rings. The summed E-state index contributed by atoms with van der Waals surface area (Å²) in [5.74, 6) is 2.86. The molecular weight excluding hydrogens is 298 g/mol. The highest BCUT2D eigenvalue weighted by molar-refractivity contribution is 7.15. The van der Waals surface area contributed by atoms with Gasteiger partial charge in [0.25, 0.3) is 0 Å². The van der Waals surface area contributed by atoms with Crippen molar-refractivity contribution in [3.63, 3.8) is 0 Å². The summed E-state index contributed by atoms with van der Waals surface area (Å²) >= 11 is 1.92. The number of fused-ring (bicyclic) bond motifs is 2. The molecule has 1 heterocycles. The first kappa shape index (κ1) is 15.4. The standard InChI is InChI=1S/C21H27NS/c1-21(2)17-9-8-16(19(21)12-17)13-22-14-18-10-11-20(23-18)15-6-4-3-5-7-15/h3-7,10-11,16-17,19,22H,8-9,12-14H2,1-2H3/t16-,17-,19-/m0/s1. The lowest BCUT2D eigenvalue weighted by atomic mass is 9.45. The Kier molecular flexibility index (Phi) is 4.07. The molecule has 1 aromatic heterocycles. The molecular formula is C21H27NS. The topological polar surface area (TPSA) is 12.0 Å². The molecule has 0 unspecified atom stereocenters. The van der Waals surface area contributed by atoms with Gasteiger partial charge in [0.1, 0.15) is 0 Å². The Bertz CT molecular complexity index is 655. The summed E-state index contributed by atoms with van der Waals surface area (Å²) in [4.78, 5) is 2.83. The monoisotopic (exact) mass is 325 g/mol. The number of nitrogens with one attached hydrogen (secondary N) is 1. The molecule has 5 rings (SSSR count). The molecule has 23 heavy (non-hydrogen) atoms. The van der Waals surface area contributed by atoms with E-state index in [0.717, 1.165) is 24.3 Å². The van der Waals surface area contributed by atoms with Crippen molar-refractivity contribution < 1.29 is 0 Å². The molecule has 2 heteroatoms. The zero-order chi connectivity index (χ0) is 15.9. The van der Waals surface area contributed by atoms with Gasteiger partial charge in [0, 0.05) is 16.3 Å². The van der Waals surface area contributed by atoms with Gasteiger partial charge < -0.3 is 5.32 Å². The van der Waals surface area contributed by atoms with Crippen molar-refractivity contribution in [3.05, 3.63) is 47.3 Å². The second-order valence-corrected chi connectivity index (χ2v) is 9.13. The van der Waals surface area contributed by atoms with Crippen molar-refractivity contribution in [1.82, 2.24) is 5.32 Å². The van der Waals surface area contributed by atoms with Crippen molar-refractivity contribution in [3.8, 4) is 10.4 Å². The minimum Gasteiger partial charge on any atom is -0.312 e. The van der Waals surface area contributed by atoms with Gasteiger partial charge in [-0.3, -0.25) is 0 Å². The van der Waals surface area contributed by atoms with Gasteiger partial charge in [-0.15, -0.1) is 11.3 Å². The molecule has 1 N–H and O–H groups in total. The number of hydrogen-bond donors (Lipinski definition) is 1. The normalized spacial score (nSPS) is 28.3. The Hall–Kier alpha value is -1.12. The van der Waals surface area contributed by atoms with Gasteiger partial charge in [-0.25, -0.2) is 0 Å². The fraction of sp³-hybridized carbons (Fsp3) is 0.524. The average molecular weight is 326 g/mol. The molecule has 3 aliphatic carbocycles. The van der Waals surface area contributed by atoms with Crippen LogP contribution in [0.1, 0.15) is 38.0 Å². The Balaban J connectivity index is 1.31. The van der Waals surface area contributed by atoms with Crippen LogP contribution in [0.15, 0.2) is 42.5 Å². The molecule has 3 saturated carbocycles. The Morgan fingerprint density at radius 1 is 1.09 bits per heavy atom. The lowest BCUT2D eigenvalue weighted by molar-refractivity contribution is -0.103. The van der Waals surface area contributed by atoms with Crippen LogP contribution in [-0.2, 0) is 6.54 Å². The molecule has 3 aliphatic rings. The van der Waals surface area contributed by atoms with Crippen molar-refractivity contribution in [2.24, 2.45) is 23.2 Å². The van der Waals surface area contributed by atoms with Gasteiger partial charge in [0.2, 0.25) is 0 Å². The Labute approximate surface area is 144 Å². The van der Waals surface area contributed by atoms with Crippen LogP contribution in [0.2, 0.25) is 0 Å². The number of benzene rings is 1. The summed E-state index contributed by atoms with van der Waals surface area (Å²) in [6.07, 6.45) is 4.37. The largest absolute Gasteiger partial charge is 0.312 e. The van der Waals surface area contributed by atoms with E-state index >= 15 is 0 Å². The molecule has 0 saturated heterocycles. The van der Waals surface area contributed by atoms with Gasteiger partial charge in [-0.1, -0.05) is 44.2 Å². The average Bonchev–Trinajstić information content (AvgIpc) is 3.04. The van der Waals surface area contributed by atoms with E-state index in [9.17, 15) is 0 Å².